The number of anilines is 1. The highest BCUT2D eigenvalue weighted by Gasteiger charge is 2.35. The number of carbonyl (C=O) groups excluding carboxylic acids is 1. The van der Waals surface area contributed by atoms with Crippen LogP contribution in [0.4, 0.5) is 15.8 Å². The Kier molecular flexibility index (Phi) is 13.4. The second-order valence-corrected chi connectivity index (χ2v) is 16.9. The van der Waals surface area contributed by atoms with Crippen molar-refractivity contribution in [1.29, 1.82) is 0 Å². The van der Waals surface area contributed by atoms with E-state index in [9.17, 15) is 27.4 Å². The van der Waals surface area contributed by atoms with E-state index in [4.69, 9.17) is 14.3 Å². The van der Waals surface area contributed by atoms with Gasteiger partial charge in [0.1, 0.15) is 30.4 Å². The van der Waals surface area contributed by atoms with E-state index in [2.05, 4.69) is 0 Å². The first-order chi connectivity index (χ1) is 25.7. The second kappa shape index (κ2) is 17.8. The molecular formula is C40H46FN2O9S2+. The molecule has 1 N–H and O–H groups in total. The summed E-state index contributed by atoms with van der Waals surface area (Å²) >= 11 is 0. The van der Waals surface area contributed by atoms with E-state index >= 15 is 4.39 Å². The molecule has 1 aliphatic rings. The molecule has 0 aromatic heterocycles. The number of ketones is 1. The quantitative estimate of drug-likeness (QED) is 0.117. The summed E-state index contributed by atoms with van der Waals surface area (Å²) in [5.41, 5.74) is 3.08. The zero-order valence-electron chi connectivity index (χ0n) is 30.9. The Balaban J connectivity index is 1.47. The highest BCUT2D eigenvalue weighted by molar-refractivity contribution is 7.93. The molecule has 14 heteroatoms. The number of aryl methyl sites for hydroxylation is 3. The van der Waals surface area contributed by atoms with Crippen molar-refractivity contribution in [2.75, 3.05) is 42.7 Å². The van der Waals surface area contributed by atoms with Crippen molar-refractivity contribution in [1.82, 2.24) is 0 Å². The molecule has 4 aromatic carbocycles. The molecule has 11 nitrogen and oxygen atoms in total. The maximum Gasteiger partial charge on any atom is 0.337 e. The molecule has 0 aliphatic carbocycles. The summed E-state index contributed by atoms with van der Waals surface area (Å²) in [5.74, 6) is 0.627. The molecule has 5 rings (SSSR count). The minimum atomic E-state index is -4.51. The fourth-order valence-corrected chi connectivity index (χ4v) is 9.49. The van der Waals surface area contributed by atoms with Crippen molar-refractivity contribution in [3.8, 4) is 16.9 Å². The minimum absolute atomic E-state index is 0.0201. The van der Waals surface area contributed by atoms with Gasteiger partial charge in [-0.05, 0) is 110 Å². The van der Waals surface area contributed by atoms with Gasteiger partial charge in [-0.25, -0.2) is 17.6 Å². The number of aliphatic hydroxyl groups is 1. The summed E-state index contributed by atoms with van der Waals surface area (Å²) in [7, 11) is -4.29. The third-order valence-electron chi connectivity index (χ3n) is 9.41. The summed E-state index contributed by atoms with van der Waals surface area (Å²) in [5, 5.41) is 10.9. The van der Waals surface area contributed by atoms with Crippen LogP contribution in [-0.2, 0) is 48.2 Å². The second-order valence-electron chi connectivity index (χ2n) is 13.4. The lowest BCUT2D eigenvalue weighted by molar-refractivity contribution is -0.738. The third kappa shape index (κ3) is 9.78. The number of hydrogen-bond acceptors (Lipinski definition) is 9. The average molecular weight is 782 g/mol. The Morgan fingerprint density at radius 1 is 1.00 bits per heavy atom. The minimum Gasteiger partial charge on any atom is -0.491 e. The first-order valence-electron chi connectivity index (χ1n) is 17.7. The molecule has 0 atom stereocenters. The van der Waals surface area contributed by atoms with Crippen molar-refractivity contribution in [3.05, 3.63) is 112 Å². The van der Waals surface area contributed by atoms with Crippen LogP contribution in [0.3, 0.4) is 0 Å². The highest BCUT2D eigenvalue weighted by Crippen LogP contribution is 2.35. The molecular weight excluding hydrogens is 736 g/mol. The SMILES string of the molecule is CCOCC(=O)CCc1ccc(N(Cc2cccc(-c3c(C)cc(OCC4(O)CCS(=O)CC4)cc3C)c2)S(=O)(=O)c2ccccc2[N+](=O)OC)cc1F. The van der Waals surface area contributed by atoms with E-state index in [0.29, 0.717) is 42.3 Å². The van der Waals surface area contributed by atoms with Crippen LogP contribution < -0.4 is 9.04 Å². The molecule has 0 bridgehead atoms. The van der Waals surface area contributed by atoms with E-state index in [-0.39, 0.29) is 65.1 Å². The first-order valence-corrected chi connectivity index (χ1v) is 20.6. The van der Waals surface area contributed by atoms with Crippen molar-refractivity contribution < 1.29 is 46.2 Å². The molecule has 1 fully saturated rings. The van der Waals surface area contributed by atoms with Crippen LogP contribution in [0.15, 0.2) is 83.8 Å². The van der Waals surface area contributed by atoms with Gasteiger partial charge in [0.25, 0.3) is 14.9 Å². The Labute approximate surface area is 318 Å². The predicted molar refractivity (Wildman–Crippen MR) is 205 cm³/mol. The van der Waals surface area contributed by atoms with Gasteiger partial charge in [-0.15, -0.1) is 0 Å². The number of benzene rings is 4. The number of carbonyl (C=O) groups is 1. The van der Waals surface area contributed by atoms with Gasteiger partial charge in [-0.1, -0.05) is 36.4 Å². The van der Waals surface area contributed by atoms with Gasteiger partial charge in [0.05, 0.1) is 17.1 Å². The summed E-state index contributed by atoms with van der Waals surface area (Å²) in [6, 6.07) is 20.8. The standard InChI is InChI=1S/C40H46FN2O9S2/c1-5-51-26-34(44)16-14-31-13-15-33(24-36(31)41)42(54(48,49)38-12-7-6-11-37(38)43(46)50-4)25-30-9-8-10-32(23-30)39-28(2)21-35(22-29(39)3)52-27-40(45)17-19-53(47)20-18-40/h6-13,15,21-24,45H,5,14,16-20,25-27H2,1-4H3/q+1. The van der Waals surface area contributed by atoms with Gasteiger partial charge in [-0.3, -0.25) is 13.3 Å². The fraction of sp³-hybridized carbons (Fsp3) is 0.375. The van der Waals surface area contributed by atoms with Gasteiger partial charge in [-0.2, -0.15) is 0 Å². The Bertz CT molecular complexity index is 2110. The lowest BCUT2D eigenvalue weighted by Crippen LogP contribution is -2.42. The molecule has 0 unspecified atom stereocenters. The summed E-state index contributed by atoms with van der Waals surface area (Å²) in [6.07, 6.45) is 0.996. The molecule has 1 aliphatic heterocycles. The molecule has 0 spiro atoms. The largest absolute Gasteiger partial charge is 0.491 e. The summed E-state index contributed by atoms with van der Waals surface area (Å²) < 4.78 is 68.6. The smallest absolute Gasteiger partial charge is 0.337 e. The van der Waals surface area contributed by atoms with Crippen LogP contribution in [0, 0.1) is 24.6 Å². The number of halogens is 1. The fourth-order valence-electron chi connectivity index (χ4n) is 6.46. The van der Waals surface area contributed by atoms with Crippen LogP contribution >= 0.6 is 0 Å². The monoisotopic (exact) mass is 781 g/mol. The lowest BCUT2D eigenvalue weighted by Gasteiger charge is -2.31. The third-order valence-corrected chi connectivity index (χ3v) is 12.5. The molecule has 1 heterocycles. The number of nitrogens with zero attached hydrogens (tertiary/aromatic N) is 2. The van der Waals surface area contributed by atoms with Gasteiger partial charge < -0.3 is 14.6 Å². The predicted octanol–water partition coefficient (Wildman–Crippen LogP) is 6.67. The Hall–Kier alpha value is -4.50. The summed E-state index contributed by atoms with van der Waals surface area (Å²) in [4.78, 5) is 29.3. The van der Waals surface area contributed by atoms with Gasteiger partial charge in [0, 0.05) is 41.4 Å². The number of ether oxygens (including phenoxy) is 2. The van der Waals surface area contributed by atoms with Gasteiger partial charge in [0.15, 0.2) is 17.8 Å². The lowest BCUT2D eigenvalue weighted by atomic mass is 9.94. The van der Waals surface area contributed by atoms with Crippen molar-refractivity contribution >= 4 is 38.0 Å². The van der Waals surface area contributed by atoms with Crippen molar-refractivity contribution in [3.63, 3.8) is 0 Å². The van der Waals surface area contributed by atoms with Crippen molar-refractivity contribution in [2.45, 2.75) is 63.5 Å². The average Bonchev–Trinajstić information content (AvgIpc) is 3.15. The normalized spacial score (nSPS) is 17.2. The molecule has 54 heavy (non-hydrogen) atoms. The first kappa shape index (κ1) is 40.7. The van der Waals surface area contributed by atoms with Gasteiger partial charge in [0.2, 0.25) is 0 Å². The molecule has 0 amide bonds. The summed E-state index contributed by atoms with van der Waals surface area (Å²) in [6.45, 7) is 5.85. The maximum absolute atomic E-state index is 15.6. The Morgan fingerprint density at radius 3 is 2.37 bits per heavy atom. The highest BCUT2D eigenvalue weighted by atomic mass is 32.2. The number of hydrogen-bond donors (Lipinski definition) is 1. The molecule has 288 valence electrons. The molecule has 4 aromatic rings. The van der Waals surface area contributed by atoms with E-state index in [0.717, 1.165) is 39.7 Å². The Morgan fingerprint density at radius 2 is 1.70 bits per heavy atom. The van der Waals surface area contributed by atoms with Crippen LogP contribution in [0.5, 0.6) is 5.75 Å². The number of Topliss-reactive ketones (excluding diaryl/α,β-unsaturated/α-hetero) is 1. The number of sulfonamides is 1. The van der Waals surface area contributed by atoms with Crippen LogP contribution in [0.25, 0.3) is 11.1 Å². The zero-order valence-corrected chi connectivity index (χ0v) is 32.5. The zero-order chi connectivity index (χ0) is 39.0. The van der Waals surface area contributed by atoms with Crippen LogP contribution in [-0.4, -0.2) is 72.5 Å². The van der Waals surface area contributed by atoms with E-state index in [1.807, 2.05) is 44.2 Å². The molecule has 0 radical (unpaired) electrons. The van der Waals surface area contributed by atoms with Gasteiger partial charge >= 0.3 is 5.69 Å². The van der Waals surface area contributed by atoms with E-state index in [1.165, 1.54) is 36.4 Å². The molecule has 1 saturated heterocycles. The number of rotatable bonds is 17. The maximum atomic E-state index is 15.6. The van der Waals surface area contributed by atoms with E-state index in [1.54, 1.807) is 13.0 Å². The van der Waals surface area contributed by atoms with Crippen LogP contribution in [0.1, 0.15) is 48.4 Å². The topological polar surface area (TPSA) is 140 Å². The number of para-hydroxylation sites is 1. The van der Waals surface area contributed by atoms with Crippen LogP contribution in [0.2, 0.25) is 0 Å². The van der Waals surface area contributed by atoms with E-state index < -0.39 is 32.2 Å². The van der Waals surface area contributed by atoms with Crippen molar-refractivity contribution in [2.24, 2.45) is 0 Å². The molecule has 0 saturated carbocycles.